The first-order valence-corrected chi connectivity index (χ1v) is 8.55. The molecule has 1 heterocycles. The Labute approximate surface area is 160 Å². The van der Waals surface area contributed by atoms with E-state index in [1.54, 1.807) is 54.6 Å². The van der Waals surface area contributed by atoms with Gasteiger partial charge in [-0.15, -0.1) is 0 Å². The van der Waals surface area contributed by atoms with Gasteiger partial charge in [-0.25, -0.2) is 0 Å². The Morgan fingerprint density at radius 1 is 0.821 bits per heavy atom. The highest BCUT2D eigenvalue weighted by Crippen LogP contribution is 2.23. The summed E-state index contributed by atoms with van der Waals surface area (Å²) in [4.78, 5) is 24.9. The topological polar surface area (TPSA) is 107 Å². The summed E-state index contributed by atoms with van der Waals surface area (Å²) in [7, 11) is 0. The van der Waals surface area contributed by atoms with E-state index in [2.05, 4.69) is 20.8 Å². The minimum Gasteiger partial charge on any atom is -0.508 e. The molecule has 28 heavy (non-hydrogen) atoms. The van der Waals surface area contributed by atoms with Crippen molar-refractivity contribution in [2.75, 3.05) is 10.6 Å². The Balaban J connectivity index is 1.59. The second-order valence-electron chi connectivity index (χ2n) is 6.16. The summed E-state index contributed by atoms with van der Waals surface area (Å²) >= 11 is 0. The normalized spacial score (nSPS) is 10.6. The SMILES string of the molecule is O=C(Nc1cccc(O)c1)c1ccc2[nH]nc(NC(=O)c3ccccc3)c2c1. The molecule has 0 aliphatic carbocycles. The number of anilines is 2. The van der Waals surface area contributed by atoms with E-state index in [9.17, 15) is 14.7 Å². The van der Waals surface area contributed by atoms with Gasteiger partial charge in [0.2, 0.25) is 0 Å². The van der Waals surface area contributed by atoms with E-state index in [0.717, 1.165) is 0 Å². The maximum atomic E-state index is 12.5. The highest BCUT2D eigenvalue weighted by molar-refractivity contribution is 6.10. The minimum absolute atomic E-state index is 0.0639. The van der Waals surface area contributed by atoms with Crippen LogP contribution in [0.15, 0.2) is 72.8 Å². The predicted molar refractivity (Wildman–Crippen MR) is 107 cm³/mol. The summed E-state index contributed by atoms with van der Waals surface area (Å²) < 4.78 is 0. The molecule has 0 saturated heterocycles. The Bertz CT molecular complexity index is 1170. The molecular weight excluding hydrogens is 356 g/mol. The van der Waals surface area contributed by atoms with Crippen LogP contribution in [-0.4, -0.2) is 27.1 Å². The predicted octanol–water partition coefficient (Wildman–Crippen LogP) is 3.77. The number of amides is 2. The first-order chi connectivity index (χ1) is 13.6. The number of aromatic amines is 1. The Kier molecular flexibility index (Phi) is 4.47. The third-order valence-corrected chi connectivity index (χ3v) is 4.20. The number of hydrogen-bond donors (Lipinski definition) is 4. The Morgan fingerprint density at radius 2 is 1.61 bits per heavy atom. The Hall–Kier alpha value is -4.13. The molecule has 0 fully saturated rings. The molecule has 0 saturated carbocycles. The van der Waals surface area contributed by atoms with E-state index in [4.69, 9.17) is 0 Å². The summed E-state index contributed by atoms with van der Waals surface area (Å²) in [5.41, 5.74) is 2.08. The number of phenolic OH excluding ortho intramolecular Hbond substituents is 1. The summed E-state index contributed by atoms with van der Waals surface area (Å²) in [5.74, 6) is -0.220. The lowest BCUT2D eigenvalue weighted by Crippen LogP contribution is -2.13. The number of rotatable bonds is 4. The van der Waals surface area contributed by atoms with Crippen LogP contribution in [0, 0.1) is 0 Å². The largest absolute Gasteiger partial charge is 0.508 e. The zero-order valence-electron chi connectivity index (χ0n) is 14.6. The van der Waals surface area contributed by atoms with Gasteiger partial charge >= 0.3 is 0 Å². The van der Waals surface area contributed by atoms with Crippen molar-refractivity contribution in [2.45, 2.75) is 0 Å². The molecule has 0 atom stereocenters. The van der Waals surface area contributed by atoms with Gasteiger partial charge in [0.1, 0.15) is 5.75 Å². The zero-order chi connectivity index (χ0) is 19.5. The fourth-order valence-electron chi connectivity index (χ4n) is 2.81. The molecule has 0 aliphatic heterocycles. The number of benzene rings is 3. The molecule has 7 nitrogen and oxygen atoms in total. The fraction of sp³-hybridized carbons (Fsp3) is 0. The Morgan fingerprint density at radius 3 is 2.39 bits per heavy atom. The monoisotopic (exact) mass is 372 g/mol. The average molecular weight is 372 g/mol. The van der Waals surface area contributed by atoms with Gasteiger partial charge in [0.15, 0.2) is 5.82 Å². The van der Waals surface area contributed by atoms with Gasteiger partial charge in [-0.2, -0.15) is 5.10 Å². The van der Waals surface area contributed by atoms with Crippen LogP contribution < -0.4 is 10.6 Å². The number of nitrogens with one attached hydrogen (secondary N) is 3. The molecule has 1 aromatic heterocycles. The third kappa shape index (κ3) is 3.54. The molecular formula is C21H16N4O3. The van der Waals surface area contributed by atoms with E-state index in [-0.39, 0.29) is 17.6 Å². The number of H-pyrrole nitrogens is 1. The van der Waals surface area contributed by atoms with Gasteiger partial charge in [-0.05, 0) is 42.5 Å². The van der Waals surface area contributed by atoms with Crippen LogP contribution in [0.5, 0.6) is 5.75 Å². The first-order valence-electron chi connectivity index (χ1n) is 8.55. The summed E-state index contributed by atoms with van der Waals surface area (Å²) in [5, 5.41) is 22.6. The van der Waals surface area contributed by atoms with E-state index in [1.165, 1.54) is 12.1 Å². The molecule has 138 valence electrons. The number of carbonyl (C=O) groups is 2. The summed E-state index contributed by atoms with van der Waals surface area (Å²) in [6, 6.07) is 20.1. The van der Waals surface area contributed by atoms with Gasteiger partial charge < -0.3 is 15.7 Å². The highest BCUT2D eigenvalue weighted by Gasteiger charge is 2.14. The lowest BCUT2D eigenvalue weighted by Gasteiger charge is -2.06. The number of phenols is 1. The van der Waals surface area contributed by atoms with Crippen LogP contribution in [0.2, 0.25) is 0 Å². The summed E-state index contributed by atoms with van der Waals surface area (Å²) in [6.07, 6.45) is 0. The van der Waals surface area contributed by atoms with Crippen molar-refractivity contribution in [3.63, 3.8) is 0 Å². The fourth-order valence-corrected chi connectivity index (χ4v) is 2.81. The maximum Gasteiger partial charge on any atom is 0.256 e. The molecule has 0 aliphatic rings. The average Bonchev–Trinajstić information content (AvgIpc) is 3.10. The van der Waals surface area contributed by atoms with Crippen LogP contribution >= 0.6 is 0 Å². The number of fused-ring (bicyclic) bond motifs is 1. The van der Waals surface area contributed by atoms with Crippen LogP contribution in [0.3, 0.4) is 0 Å². The van der Waals surface area contributed by atoms with Crippen LogP contribution in [0.25, 0.3) is 10.9 Å². The van der Waals surface area contributed by atoms with Crippen molar-refractivity contribution >= 4 is 34.2 Å². The molecule has 0 unspecified atom stereocenters. The van der Waals surface area contributed by atoms with Gasteiger partial charge in [0, 0.05) is 28.3 Å². The maximum absolute atomic E-state index is 12.5. The van der Waals surface area contributed by atoms with E-state index < -0.39 is 0 Å². The van der Waals surface area contributed by atoms with Gasteiger partial charge in [0.05, 0.1) is 5.52 Å². The van der Waals surface area contributed by atoms with Crippen molar-refractivity contribution in [3.05, 3.63) is 83.9 Å². The van der Waals surface area contributed by atoms with E-state index in [1.807, 2.05) is 6.07 Å². The quantitative estimate of drug-likeness (QED) is 0.437. The number of aromatic hydroxyl groups is 1. The van der Waals surface area contributed by atoms with E-state index >= 15 is 0 Å². The van der Waals surface area contributed by atoms with Gasteiger partial charge in [-0.3, -0.25) is 14.7 Å². The summed E-state index contributed by atoms with van der Waals surface area (Å²) in [6.45, 7) is 0. The van der Waals surface area contributed by atoms with E-state index in [0.29, 0.717) is 33.5 Å². The van der Waals surface area contributed by atoms with Gasteiger partial charge in [0.25, 0.3) is 11.8 Å². The highest BCUT2D eigenvalue weighted by atomic mass is 16.3. The molecule has 2 amide bonds. The molecule has 4 rings (SSSR count). The second kappa shape index (κ2) is 7.24. The minimum atomic E-state index is -0.339. The second-order valence-corrected chi connectivity index (χ2v) is 6.16. The van der Waals surface area contributed by atoms with Crippen molar-refractivity contribution in [3.8, 4) is 5.75 Å². The van der Waals surface area contributed by atoms with Crippen molar-refractivity contribution in [2.24, 2.45) is 0 Å². The first kappa shape index (κ1) is 17.3. The smallest absolute Gasteiger partial charge is 0.256 e. The molecule has 4 aromatic rings. The van der Waals surface area contributed by atoms with Crippen LogP contribution in [0.1, 0.15) is 20.7 Å². The zero-order valence-corrected chi connectivity index (χ0v) is 14.6. The number of nitrogens with zero attached hydrogens (tertiary/aromatic N) is 1. The standard InChI is InChI=1S/C21H16N4O3/c26-16-8-4-7-15(12-16)22-21(28)14-9-10-18-17(11-14)19(25-24-18)23-20(27)13-5-2-1-3-6-13/h1-12,26H,(H,22,28)(H2,23,24,25,27). The molecule has 0 bridgehead atoms. The molecule has 3 aromatic carbocycles. The van der Waals surface area contributed by atoms with Gasteiger partial charge in [-0.1, -0.05) is 24.3 Å². The molecule has 7 heteroatoms. The van der Waals surface area contributed by atoms with Crippen LogP contribution in [0.4, 0.5) is 11.5 Å². The van der Waals surface area contributed by atoms with Crippen LogP contribution in [-0.2, 0) is 0 Å². The van der Waals surface area contributed by atoms with Crippen molar-refractivity contribution in [1.82, 2.24) is 10.2 Å². The third-order valence-electron chi connectivity index (χ3n) is 4.20. The molecule has 4 N–H and O–H groups in total. The number of aromatic nitrogens is 2. The molecule has 0 spiro atoms. The number of hydrogen-bond acceptors (Lipinski definition) is 4. The lowest BCUT2D eigenvalue weighted by atomic mass is 10.1. The van der Waals surface area contributed by atoms with Crippen molar-refractivity contribution < 1.29 is 14.7 Å². The lowest BCUT2D eigenvalue weighted by molar-refractivity contribution is 0.101. The molecule has 0 radical (unpaired) electrons. The van der Waals surface area contributed by atoms with Crippen molar-refractivity contribution in [1.29, 1.82) is 0 Å². The number of carbonyl (C=O) groups excluding carboxylic acids is 2.